The number of anilines is 2. The van der Waals surface area contributed by atoms with Crippen molar-refractivity contribution in [2.45, 2.75) is 12.5 Å². The molecule has 0 fully saturated rings. The molecule has 3 N–H and O–H groups in total. The van der Waals surface area contributed by atoms with E-state index in [9.17, 15) is 14.7 Å². The van der Waals surface area contributed by atoms with Gasteiger partial charge < -0.3 is 20.6 Å². The van der Waals surface area contributed by atoms with Crippen LogP contribution < -0.4 is 15.5 Å². The number of hydrogen-bond donors (Lipinski definition) is 3. The lowest BCUT2D eigenvalue weighted by Crippen LogP contribution is -2.36. The first-order chi connectivity index (χ1) is 11.5. The predicted octanol–water partition coefficient (Wildman–Crippen LogP) is 1.99. The third-order valence-electron chi connectivity index (χ3n) is 3.48. The first kappa shape index (κ1) is 18.0. The molecule has 2 rings (SSSR count). The van der Waals surface area contributed by atoms with Crippen molar-refractivity contribution in [3.05, 3.63) is 46.7 Å². The lowest BCUT2D eigenvalue weighted by Gasteiger charge is -2.13. The van der Waals surface area contributed by atoms with Crippen LogP contribution in [-0.4, -0.2) is 37.6 Å². The number of amides is 2. The molecule has 1 aromatic carbocycles. The summed E-state index contributed by atoms with van der Waals surface area (Å²) in [6.45, 7) is 0.225. The number of rotatable bonds is 6. The van der Waals surface area contributed by atoms with E-state index < -0.39 is 17.9 Å². The second kappa shape index (κ2) is 8.47. The average molecular weight is 347 g/mol. The van der Waals surface area contributed by atoms with Gasteiger partial charge in [-0.1, -0.05) is 0 Å². The van der Waals surface area contributed by atoms with Gasteiger partial charge in [0.1, 0.15) is 0 Å². The first-order valence-corrected chi connectivity index (χ1v) is 8.48. The zero-order chi connectivity index (χ0) is 17.5. The highest BCUT2D eigenvalue weighted by molar-refractivity contribution is 7.07. The number of aliphatic hydroxyl groups excluding tert-OH is 1. The van der Waals surface area contributed by atoms with Gasteiger partial charge in [-0.2, -0.15) is 11.3 Å². The Morgan fingerprint density at radius 3 is 2.46 bits per heavy atom. The predicted molar refractivity (Wildman–Crippen MR) is 96.3 cm³/mol. The number of hydrogen-bond acceptors (Lipinski definition) is 5. The van der Waals surface area contributed by atoms with Crippen molar-refractivity contribution in [1.29, 1.82) is 0 Å². The molecule has 0 aliphatic heterocycles. The molecule has 6 nitrogen and oxygen atoms in total. The van der Waals surface area contributed by atoms with Gasteiger partial charge in [-0.05, 0) is 53.1 Å². The van der Waals surface area contributed by atoms with Gasteiger partial charge in [-0.25, -0.2) is 0 Å². The fraction of sp³-hybridized carbons (Fsp3) is 0.294. The van der Waals surface area contributed by atoms with Crippen molar-refractivity contribution in [2.24, 2.45) is 0 Å². The van der Waals surface area contributed by atoms with Crippen LogP contribution >= 0.6 is 11.3 Å². The van der Waals surface area contributed by atoms with Crippen LogP contribution in [0.1, 0.15) is 18.1 Å². The lowest BCUT2D eigenvalue weighted by atomic mass is 10.1. The van der Waals surface area contributed by atoms with E-state index in [1.165, 1.54) is 11.3 Å². The highest BCUT2D eigenvalue weighted by Crippen LogP contribution is 2.18. The molecule has 1 atom stereocenters. The van der Waals surface area contributed by atoms with Crippen LogP contribution in [0.2, 0.25) is 0 Å². The Hall–Kier alpha value is -2.38. The molecular weight excluding hydrogens is 326 g/mol. The molecule has 0 spiro atoms. The second-order valence-corrected chi connectivity index (χ2v) is 6.29. The van der Waals surface area contributed by atoms with E-state index in [0.717, 1.165) is 11.3 Å². The smallest absolute Gasteiger partial charge is 0.313 e. The number of aliphatic hydroxyl groups is 1. The number of nitrogens with zero attached hydrogens (tertiary/aromatic N) is 1. The van der Waals surface area contributed by atoms with E-state index in [1.54, 1.807) is 12.1 Å². The van der Waals surface area contributed by atoms with E-state index in [-0.39, 0.29) is 6.54 Å². The molecule has 0 bridgehead atoms. The minimum Gasteiger partial charge on any atom is -0.388 e. The molecule has 2 amide bonds. The minimum atomic E-state index is -0.724. The number of thiophene rings is 1. The average Bonchev–Trinajstić information content (AvgIpc) is 3.09. The van der Waals surface area contributed by atoms with Gasteiger partial charge in [-0.3, -0.25) is 9.59 Å². The Balaban J connectivity index is 1.76. The number of carbonyl (C=O) groups excluding carboxylic acids is 2. The first-order valence-electron chi connectivity index (χ1n) is 7.54. The Bertz CT molecular complexity index is 669. The molecule has 0 saturated heterocycles. The van der Waals surface area contributed by atoms with Crippen LogP contribution in [-0.2, 0) is 9.59 Å². The van der Waals surface area contributed by atoms with E-state index in [2.05, 4.69) is 10.6 Å². The number of carbonyl (C=O) groups is 2. The molecule has 128 valence electrons. The van der Waals surface area contributed by atoms with Crippen LogP contribution in [0.4, 0.5) is 11.4 Å². The second-order valence-electron chi connectivity index (χ2n) is 5.51. The van der Waals surface area contributed by atoms with Gasteiger partial charge in [0.2, 0.25) is 0 Å². The summed E-state index contributed by atoms with van der Waals surface area (Å²) in [5.74, 6) is -1.44. The normalized spacial score (nSPS) is 11.6. The van der Waals surface area contributed by atoms with Crippen LogP contribution in [0.5, 0.6) is 0 Å². The van der Waals surface area contributed by atoms with E-state index in [1.807, 2.05) is 48.0 Å². The van der Waals surface area contributed by atoms with Crippen LogP contribution in [0.3, 0.4) is 0 Å². The van der Waals surface area contributed by atoms with Crippen molar-refractivity contribution in [3.8, 4) is 0 Å². The minimum absolute atomic E-state index is 0.225. The van der Waals surface area contributed by atoms with Gasteiger partial charge in [-0.15, -0.1) is 0 Å². The topological polar surface area (TPSA) is 81.7 Å². The van der Waals surface area contributed by atoms with Gasteiger partial charge >= 0.3 is 11.8 Å². The fourth-order valence-electron chi connectivity index (χ4n) is 2.06. The van der Waals surface area contributed by atoms with Gasteiger partial charge in [0.25, 0.3) is 0 Å². The molecule has 0 aliphatic carbocycles. The third kappa shape index (κ3) is 5.07. The Morgan fingerprint density at radius 1 is 1.17 bits per heavy atom. The van der Waals surface area contributed by atoms with Crippen molar-refractivity contribution in [1.82, 2.24) is 5.32 Å². The van der Waals surface area contributed by atoms with Gasteiger partial charge in [0, 0.05) is 32.0 Å². The molecule has 1 unspecified atom stereocenters. The lowest BCUT2D eigenvalue weighted by molar-refractivity contribution is -0.136. The van der Waals surface area contributed by atoms with Crippen molar-refractivity contribution in [2.75, 3.05) is 30.9 Å². The summed E-state index contributed by atoms with van der Waals surface area (Å²) in [5, 5.41) is 18.7. The Morgan fingerprint density at radius 2 is 1.88 bits per heavy atom. The summed E-state index contributed by atoms with van der Waals surface area (Å²) in [5.41, 5.74) is 2.37. The Kier molecular flexibility index (Phi) is 6.34. The van der Waals surface area contributed by atoms with Crippen molar-refractivity contribution < 1.29 is 14.7 Å². The monoisotopic (exact) mass is 347 g/mol. The summed E-state index contributed by atoms with van der Waals surface area (Å²) in [7, 11) is 3.84. The molecule has 0 aliphatic rings. The van der Waals surface area contributed by atoms with E-state index in [4.69, 9.17) is 0 Å². The van der Waals surface area contributed by atoms with Crippen LogP contribution in [0.15, 0.2) is 41.1 Å². The third-order valence-corrected chi connectivity index (χ3v) is 4.18. The summed E-state index contributed by atoms with van der Waals surface area (Å²) < 4.78 is 0. The molecule has 24 heavy (non-hydrogen) atoms. The number of benzene rings is 1. The standard InChI is InChI=1S/C17H21N3O3S/c1-20(2)14-5-3-13(4-6-14)19-17(23)16(22)18-9-7-15(21)12-8-10-24-11-12/h3-6,8,10-11,15,21H,7,9H2,1-2H3,(H,18,22)(H,19,23). The van der Waals surface area contributed by atoms with Gasteiger partial charge in [0.05, 0.1) is 6.10 Å². The molecular formula is C17H21N3O3S. The maximum Gasteiger partial charge on any atom is 0.313 e. The summed E-state index contributed by atoms with van der Waals surface area (Å²) in [6, 6.07) is 9.01. The zero-order valence-corrected chi connectivity index (χ0v) is 14.5. The summed E-state index contributed by atoms with van der Waals surface area (Å²) >= 11 is 1.50. The fourth-order valence-corrected chi connectivity index (χ4v) is 2.77. The number of nitrogens with one attached hydrogen (secondary N) is 2. The van der Waals surface area contributed by atoms with Gasteiger partial charge in [0.15, 0.2) is 0 Å². The SMILES string of the molecule is CN(C)c1ccc(NC(=O)C(=O)NCCC(O)c2ccsc2)cc1. The molecule has 1 aromatic heterocycles. The molecule has 2 aromatic rings. The van der Waals surface area contributed by atoms with Crippen molar-refractivity contribution in [3.63, 3.8) is 0 Å². The highest BCUT2D eigenvalue weighted by atomic mass is 32.1. The maximum atomic E-state index is 11.8. The maximum absolute atomic E-state index is 11.8. The molecule has 0 radical (unpaired) electrons. The highest BCUT2D eigenvalue weighted by Gasteiger charge is 2.14. The Labute approximate surface area is 145 Å². The summed E-state index contributed by atoms with van der Waals surface area (Å²) in [4.78, 5) is 25.6. The quantitative estimate of drug-likeness (QED) is 0.698. The molecule has 1 heterocycles. The van der Waals surface area contributed by atoms with Crippen LogP contribution in [0, 0.1) is 0 Å². The van der Waals surface area contributed by atoms with Crippen molar-refractivity contribution >= 4 is 34.5 Å². The zero-order valence-electron chi connectivity index (χ0n) is 13.7. The van der Waals surface area contributed by atoms with E-state index in [0.29, 0.717) is 12.1 Å². The largest absolute Gasteiger partial charge is 0.388 e. The summed E-state index contributed by atoms with van der Waals surface area (Å²) in [6.07, 6.45) is -0.286. The van der Waals surface area contributed by atoms with E-state index >= 15 is 0 Å². The molecule has 7 heteroatoms. The molecule has 0 saturated carbocycles. The van der Waals surface area contributed by atoms with Crippen LogP contribution in [0.25, 0.3) is 0 Å².